The number of rotatable bonds is 2. The molecule has 0 spiro atoms. The van der Waals surface area contributed by atoms with Crippen LogP contribution in [0.15, 0.2) is 11.4 Å². The van der Waals surface area contributed by atoms with Crippen molar-refractivity contribution in [3.63, 3.8) is 0 Å². The molecule has 2 N–H and O–H groups in total. The van der Waals surface area contributed by atoms with Gasteiger partial charge in [-0.25, -0.2) is 0 Å². The second kappa shape index (κ2) is 5.23. The molecule has 19 heavy (non-hydrogen) atoms. The van der Waals surface area contributed by atoms with Crippen LogP contribution in [-0.4, -0.2) is 37.1 Å². The van der Waals surface area contributed by atoms with E-state index in [1.807, 2.05) is 4.90 Å². The fourth-order valence-corrected chi connectivity index (χ4v) is 3.91. The third-order valence-corrected chi connectivity index (χ3v) is 5.41. The molecule has 104 valence electrons. The monoisotopic (exact) mass is 280 g/mol. The smallest absolute Gasteiger partial charge is 0.230 e. The van der Waals surface area contributed by atoms with E-state index in [0.29, 0.717) is 19.8 Å². The van der Waals surface area contributed by atoms with Gasteiger partial charge in [0, 0.05) is 37.7 Å². The molecule has 3 heterocycles. The van der Waals surface area contributed by atoms with Gasteiger partial charge in [0.2, 0.25) is 5.91 Å². The number of carbonyl (C=O) groups is 1. The van der Waals surface area contributed by atoms with Gasteiger partial charge in [-0.05, 0) is 36.3 Å². The highest BCUT2D eigenvalue weighted by Crippen LogP contribution is 2.34. The third-order valence-electron chi connectivity index (χ3n) is 4.39. The van der Waals surface area contributed by atoms with Crippen molar-refractivity contribution >= 4 is 17.2 Å². The number of hydrogen-bond donors (Lipinski definition) is 1. The number of fused-ring (bicyclic) bond motifs is 1. The van der Waals surface area contributed by atoms with Crippen LogP contribution in [0, 0.1) is 5.41 Å². The maximum atomic E-state index is 12.8. The molecule has 0 aromatic carbocycles. The summed E-state index contributed by atoms with van der Waals surface area (Å²) in [4.78, 5) is 16.3. The van der Waals surface area contributed by atoms with E-state index in [1.165, 1.54) is 10.4 Å². The Hall–Kier alpha value is -0.910. The van der Waals surface area contributed by atoms with E-state index in [-0.39, 0.29) is 11.3 Å². The molecular formula is C14H20N2O2S. The van der Waals surface area contributed by atoms with E-state index in [9.17, 15) is 4.79 Å². The Bertz CT molecular complexity index is 466. The molecule has 2 aliphatic heterocycles. The van der Waals surface area contributed by atoms with E-state index < -0.39 is 0 Å². The standard InChI is InChI=1S/C14H20N2O2S/c15-10-14(3-6-18-7-4-14)13(17)16-5-1-12-11(9-16)2-8-19-12/h2,8H,1,3-7,9-10,15H2. The van der Waals surface area contributed by atoms with Gasteiger partial charge in [0.15, 0.2) is 0 Å². The van der Waals surface area contributed by atoms with E-state index in [2.05, 4.69) is 11.4 Å². The van der Waals surface area contributed by atoms with Crippen LogP contribution in [0.4, 0.5) is 0 Å². The quantitative estimate of drug-likeness (QED) is 0.890. The summed E-state index contributed by atoms with van der Waals surface area (Å²) in [6.45, 7) is 3.32. The summed E-state index contributed by atoms with van der Waals surface area (Å²) in [5.74, 6) is 0.232. The molecule has 5 heteroatoms. The predicted molar refractivity (Wildman–Crippen MR) is 75.0 cm³/mol. The molecule has 3 rings (SSSR count). The molecule has 4 nitrogen and oxygen atoms in total. The Kier molecular flexibility index (Phi) is 3.60. The molecule has 0 saturated carbocycles. The maximum Gasteiger partial charge on any atom is 0.230 e. The van der Waals surface area contributed by atoms with Crippen molar-refractivity contribution in [1.82, 2.24) is 4.90 Å². The van der Waals surface area contributed by atoms with Crippen molar-refractivity contribution in [3.05, 3.63) is 21.9 Å². The molecular weight excluding hydrogens is 260 g/mol. The normalized spacial score (nSPS) is 22.1. The maximum absolute atomic E-state index is 12.8. The minimum absolute atomic E-state index is 0.232. The van der Waals surface area contributed by atoms with Gasteiger partial charge < -0.3 is 15.4 Å². The van der Waals surface area contributed by atoms with Crippen LogP contribution in [0.1, 0.15) is 23.3 Å². The number of ether oxygens (including phenoxy) is 1. The van der Waals surface area contributed by atoms with Crippen LogP contribution in [0.2, 0.25) is 0 Å². The zero-order valence-corrected chi connectivity index (χ0v) is 11.9. The predicted octanol–water partition coefficient (Wildman–Crippen LogP) is 1.39. The largest absolute Gasteiger partial charge is 0.381 e. The van der Waals surface area contributed by atoms with Gasteiger partial charge in [-0.3, -0.25) is 4.79 Å². The van der Waals surface area contributed by atoms with Crippen LogP contribution < -0.4 is 5.73 Å². The number of carbonyl (C=O) groups excluding carboxylic acids is 1. The lowest BCUT2D eigenvalue weighted by Crippen LogP contribution is -2.51. The first kappa shape index (κ1) is 13.1. The van der Waals surface area contributed by atoms with Crippen molar-refractivity contribution in [3.8, 4) is 0 Å². The van der Waals surface area contributed by atoms with Gasteiger partial charge in [-0.2, -0.15) is 0 Å². The zero-order valence-electron chi connectivity index (χ0n) is 11.1. The Morgan fingerprint density at radius 3 is 3.00 bits per heavy atom. The minimum atomic E-state index is -0.383. The molecule has 1 amide bonds. The Morgan fingerprint density at radius 2 is 2.26 bits per heavy atom. The number of thiophene rings is 1. The van der Waals surface area contributed by atoms with E-state index in [4.69, 9.17) is 10.5 Å². The van der Waals surface area contributed by atoms with Gasteiger partial charge in [0.05, 0.1) is 5.41 Å². The van der Waals surface area contributed by atoms with Gasteiger partial charge >= 0.3 is 0 Å². The molecule has 1 aromatic rings. The first-order valence-corrected chi connectivity index (χ1v) is 7.76. The Balaban J connectivity index is 1.77. The summed E-state index contributed by atoms with van der Waals surface area (Å²) in [5.41, 5.74) is 6.85. The average Bonchev–Trinajstić information content (AvgIpc) is 2.94. The van der Waals surface area contributed by atoms with E-state index in [1.54, 1.807) is 11.3 Å². The first-order chi connectivity index (χ1) is 9.25. The topological polar surface area (TPSA) is 55.6 Å². The fourth-order valence-electron chi connectivity index (χ4n) is 3.02. The van der Waals surface area contributed by atoms with Crippen molar-refractivity contribution in [2.24, 2.45) is 11.1 Å². The third kappa shape index (κ3) is 2.30. The summed E-state index contributed by atoms with van der Waals surface area (Å²) in [6, 6.07) is 2.14. The van der Waals surface area contributed by atoms with Crippen molar-refractivity contribution in [1.29, 1.82) is 0 Å². The fraction of sp³-hybridized carbons (Fsp3) is 0.643. The number of nitrogens with two attached hydrogens (primary N) is 1. The van der Waals surface area contributed by atoms with Crippen molar-refractivity contribution < 1.29 is 9.53 Å². The molecule has 0 radical (unpaired) electrons. The second-order valence-electron chi connectivity index (χ2n) is 5.44. The number of hydrogen-bond acceptors (Lipinski definition) is 4. The molecule has 1 aromatic heterocycles. The van der Waals surface area contributed by atoms with Crippen molar-refractivity contribution in [2.45, 2.75) is 25.8 Å². The SMILES string of the molecule is NCC1(C(=O)N2CCc3sccc3C2)CCOCC1. The van der Waals surface area contributed by atoms with E-state index in [0.717, 1.165) is 32.4 Å². The van der Waals surface area contributed by atoms with E-state index >= 15 is 0 Å². The first-order valence-electron chi connectivity index (χ1n) is 6.88. The van der Waals surface area contributed by atoms with Crippen molar-refractivity contribution in [2.75, 3.05) is 26.3 Å². The second-order valence-corrected chi connectivity index (χ2v) is 6.44. The van der Waals surface area contributed by atoms with Crippen LogP contribution in [0.3, 0.4) is 0 Å². The molecule has 1 saturated heterocycles. The summed E-state index contributed by atoms with van der Waals surface area (Å²) in [7, 11) is 0. The molecule has 0 bridgehead atoms. The van der Waals surface area contributed by atoms with Crippen LogP contribution in [0.25, 0.3) is 0 Å². The Labute approximate surface area is 117 Å². The zero-order chi connectivity index (χ0) is 13.3. The minimum Gasteiger partial charge on any atom is -0.381 e. The molecule has 2 aliphatic rings. The molecule has 1 fully saturated rings. The van der Waals surface area contributed by atoms with Crippen LogP contribution in [0.5, 0.6) is 0 Å². The summed E-state index contributed by atoms with van der Waals surface area (Å²) in [5, 5.41) is 2.12. The average molecular weight is 280 g/mol. The van der Waals surface area contributed by atoms with Gasteiger partial charge in [-0.1, -0.05) is 0 Å². The number of nitrogens with zero attached hydrogens (tertiary/aromatic N) is 1. The summed E-state index contributed by atoms with van der Waals surface area (Å²) < 4.78 is 5.38. The van der Waals surface area contributed by atoms with Crippen LogP contribution in [-0.2, 0) is 22.5 Å². The molecule has 0 unspecified atom stereocenters. The van der Waals surface area contributed by atoms with Crippen LogP contribution >= 0.6 is 11.3 Å². The van der Waals surface area contributed by atoms with Gasteiger partial charge in [0.25, 0.3) is 0 Å². The van der Waals surface area contributed by atoms with Gasteiger partial charge in [0.1, 0.15) is 0 Å². The lowest BCUT2D eigenvalue weighted by Gasteiger charge is -2.40. The lowest BCUT2D eigenvalue weighted by atomic mass is 9.78. The highest BCUT2D eigenvalue weighted by atomic mass is 32.1. The molecule has 0 aliphatic carbocycles. The highest BCUT2D eigenvalue weighted by molar-refractivity contribution is 7.10. The highest BCUT2D eigenvalue weighted by Gasteiger charge is 2.42. The molecule has 0 atom stereocenters. The lowest BCUT2D eigenvalue weighted by molar-refractivity contribution is -0.148. The summed E-state index contributed by atoms with van der Waals surface area (Å²) >= 11 is 1.80. The number of amides is 1. The Morgan fingerprint density at radius 1 is 1.47 bits per heavy atom. The summed E-state index contributed by atoms with van der Waals surface area (Å²) in [6.07, 6.45) is 2.50. The van der Waals surface area contributed by atoms with Gasteiger partial charge in [-0.15, -0.1) is 11.3 Å².